The molecule has 2 aromatic rings. The molecule has 1 atom stereocenters. The van der Waals surface area contributed by atoms with Crippen LogP contribution in [0.2, 0.25) is 0 Å². The molecule has 0 N–H and O–H groups in total. The summed E-state index contributed by atoms with van der Waals surface area (Å²) < 4.78 is 0. The Morgan fingerprint density at radius 1 is 1.37 bits per heavy atom. The smallest absolute Gasteiger partial charge is 0.224 e. The van der Waals surface area contributed by atoms with Gasteiger partial charge < -0.3 is 4.90 Å². The van der Waals surface area contributed by atoms with E-state index in [1.807, 2.05) is 35.2 Å². The summed E-state index contributed by atoms with van der Waals surface area (Å²) in [5, 5.41) is 1.10. The van der Waals surface area contributed by atoms with Gasteiger partial charge in [0.2, 0.25) is 5.91 Å². The van der Waals surface area contributed by atoms with Crippen LogP contribution in [-0.2, 0) is 11.3 Å². The first-order chi connectivity index (χ1) is 9.28. The van der Waals surface area contributed by atoms with Crippen molar-refractivity contribution >= 4 is 16.8 Å². The molecular weight excluding hydrogens is 236 g/mol. The minimum Gasteiger partial charge on any atom is -0.337 e. The fourth-order valence-corrected chi connectivity index (χ4v) is 2.55. The van der Waals surface area contributed by atoms with Crippen LogP contribution in [0.3, 0.4) is 0 Å². The van der Waals surface area contributed by atoms with Gasteiger partial charge in [-0.25, -0.2) is 0 Å². The molecule has 1 unspecified atom stereocenters. The van der Waals surface area contributed by atoms with E-state index in [9.17, 15) is 4.79 Å². The number of likely N-dealkylation sites (tertiary alicyclic amines) is 1. The molecule has 1 saturated heterocycles. The predicted molar refractivity (Wildman–Crippen MR) is 74.1 cm³/mol. The second kappa shape index (κ2) is 4.74. The number of terminal acetylenes is 1. The maximum absolute atomic E-state index is 11.9. The van der Waals surface area contributed by atoms with E-state index >= 15 is 0 Å². The number of carbonyl (C=O) groups is 1. The van der Waals surface area contributed by atoms with Crippen molar-refractivity contribution in [3.05, 3.63) is 42.1 Å². The van der Waals surface area contributed by atoms with E-state index in [1.54, 1.807) is 6.20 Å². The molecule has 1 amide bonds. The molecule has 3 heteroatoms. The Morgan fingerprint density at radius 3 is 3.05 bits per heavy atom. The van der Waals surface area contributed by atoms with Crippen molar-refractivity contribution in [2.24, 2.45) is 5.92 Å². The number of hydrogen-bond donors (Lipinski definition) is 0. The zero-order valence-electron chi connectivity index (χ0n) is 10.5. The monoisotopic (exact) mass is 250 g/mol. The van der Waals surface area contributed by atoms with Gasteiger partial charge >= 0.3 is 0 Å². The largest absolute Gasteiger partial charge is 0.337 e. The van der Waals surface area contributed by atoms with Gasteiger partial charge in [0.15, 0.2) is 0 Å². The first kappa shape index (κ1) is 11.7. The molecule has 0 radical (unpaired) electrons. The molecule has 3 rings (SSSR count). The molecule has 1 aliphatic heterocycles. The summed E-state index contributed by atoms with van der Waals surface area (Å²) in [6.07, 6.45) is 7.65. The Hall–Kier alpha value is -2.34. The van der Waals surface area contributed by atoms with Crippen molar-refractivity contribution in [3.8, 4) is 12.3 Å². The van der Waals surface area contributed by atoms with E-state index in [0.29, 0.717) is 19.5 Å². The molecule has 19 heavy (non-hydrogen) atoms. The van der Waals surface area contributed by atoms with Crippen molar-refractivity contribution in [3.63, 3.8) is 0 Å². The van der Waals surface area contributed by atoms with Crippen molar-refractivity contribution in [2.45, 2.75) is 13.0 Å². The van der Waals surface area contributed by atoms with E-state index in [0.717, 1.165) is 16.5 Å². The number of benzene rings is 1. The Labute approximate surface area is 112 Å². The highest BCUT2D eigenvalue weighted by atomic mass is 16.2. The van der Waals surface area contributed by atoms with Crippen LogP contribution < -0.4 is 0 Å². The van der Waals surface area contributed by atoms with Gasteiger partial charge in [0.05, 0.1) is 5.52 Å². The molecule has 3 nitrogen and oxygen atoms in total. The van der Waals surface area contributed by atoms with Gasteiger partial charge in [-0.2, -0.15) is 0 Å². The van der Waals surface area contributed by atoms with Crippen LogP contribution in [0.25, 0.3) is 10.9 Å². The van der Waals surface area contributed by atoms with Gasteiger partial charge in [-0.15, -0.1) is 12.3 Å². The molecule has 0 aliphatic carbocycles. The number of carbonyl (C=O) groups excluding carboxylic acids is 1. The van der Waals surface area contributed by atoms with Gasteiger partial charge in [0.1, 0.15) is 0 Å². The normalized spacial score (nSPS) is 18.8. The standard InChI is InChI=1S/C16H14N2O/c1-2-12-9-16(19)18(10-12)11-13-5-3-7-15-14(13)6-4-8-17-15/h1,3-8,12H,9-11H2. The highest BCUT2D eigenvalue weighted by molar-refractivity contribution is 5.83. The lowest BCUT2D eigenvalue weighted by Gasteiger charge is -2.17. The lowest BCUT2D eigenvalue weighted by Crippen LogP contribution is -2.24. The number of nitrogens with zero attached hydrogens (tertiary/aromatic N) is 2. The van der Waals surface area contributed by atoms with E-state index in [4.69, 9.17) is 6.42 Å². The van der Waals surface area contributed by atoms with Gasteiger partial charge in [0, 0.05) is 37.0 Å². The third-order valence-corrected chi connectivity index (χ3v) is 3.55. The molecule has 2 heterocycles. The van der Waals surface area contributed by atoms with Crippen molar-refractivity contribution < 1.29 is 4.79 Å². The van der Waals surface area contributed by atoms with E-state index in [-0.39, 0.29) is 11.8 Å². The Bertz CT molecular complexity index is 666. The van der Waals surface area contributed by atoms with Crippen LogP contribution in [0, 0.1) is 18.3 Å². The van der Waals surface area contributed by atoms with E-state index in [1.165, 1.54) is 0 Å². The molecule has 1 fully saturated rings. The average molecular weight is 250 g/mol. The maximum Gasteiger partial charge on any atom is 0.224 e. The number of amides is 1. The Kier molecular flexibility index (Phi) is 2.92. The van der Waals surface area contributed by atoms with E-state index in [2.05, 4.69) is 10.9 Å². The second-order valence-electron chi connectivity index (χ2n) is 4.83. The topological polar surface area (TPSA) is 33.2 Å². The zero-order chi connectivity index (χ0) is 13.2. The lowest BCUT2D eigenvalue weighted by atomic mass is 10.1. The summed E-state index contributed by atoms with van der Waals surface area (Å²) in [7, 11) is 0. The molecule has 1 aromatic carbocycles. The van der Waals surface area contributed by atoms with Crippen molar-refractivity contribution in [2.75, 3.05) is 6.54 Å². The second-order valence-corrected chi connectivity index (χ2v) is 4.83. The molecule has 1 aliphatic rings. The summed E-state index contributed by atoms with van der Waals surface area (Å²) in [6.45, 7) is 1.27. The molecule has 0 saturated carbocycles. The SMILES string of the molecule is C#CC1CC(=O)N(Cc2cccc3ncccc23)C1. The number of pyridine rings is 1. The average Bonchev–Trinajstić information content (AvgIpc) is 2.80. The summed E-state index contributed by atoms with van der Waals surface area (Å²) in [6, 6.07) is 9.96. The van der Waals surface area contributed by atoms with Crippen LogP contribution in [0.5, 0.6) is 0 Å². The maximum atomic E-state index is 11.9. The Morgan fingerprint density at radius 2 is 2.26 bits per heavy atom. The van der Waals surface area contributed by atoms with Crippen LogP contribution in [-0.4, -0.2) is 22.3 Å². The van der Waals surface area contributed by atoms with Crippen LogP contribution in [0.1, 0.15) is 12.0 Å². The minimum absolute atomic E-state index is 0.0561. The lowest BCUT2D eigenvalue weighted by molar-refractivity contribution is -0.128. The van der Waals surface area contributed by atoms with Crippen LogP contribution in [0.4, 0.5) is 0 Å². The van der Waals surface area contributed by atoms with E-state index < -0.39 is 0 Å². The highest BCUT2D eigenvalue weighted by Crippen LogP contribution is 2.23. The summed E-state index contributed by atoms with van der Waals surface area (Å²) in [5.41, 5.74) is 2.08. The first-order valence-corrected chi connectivity index (χ1v) is 6.34. The molecule has 1 aromatic heterocycles. The van der Waals surface area contributed by atoms with Crippen LogP contribution in [0.15, 0.2) is 36.5 Å². The molecular formula is C16H14N2O. The molecule has 0 spiro atoms. The number of rotatable bonds is 2. The zero-order valence-corrected chi connectivity index (χ0v) is 10.5. The first-order valence-electron chi connectivity index (χ1n) is 6.34. The third kappa shape index (κ3) is 2.17. The number of aromatic nitrogens is 1. The minimum atomic E-state index is 0.0561. The third-order valence-electron chi connectivity index (χ3n) is 3.55. The van der Waals surface area contributed by atoms with Gasteiger partial charge in [-0.05, 0) is 17.7 Å². The highest BCUT2D eigenvalue weighted by Gasteiger charge is 2.28. The number of fused-ring (bicyclic) bond motifs is 1. The van der Waals surface area contributed by atoms with Crippen LogP contribution >= 0.6 is 0 Å². The summed E-state index contributed by atoms with van der Waals surface area (Å²) in [4.78, 5) is 18.1. The van der Waals surface area contributed by atoms with Crippen molar-refractivity contribution in [1.29, 1.82) is 0 Å². The fraction of sp³-hybridized carbons (Fsp3) is 0.250. The van der Waals surface area contributed by atoms with Gasteiger partial charge in [0.25, 0.3) is 0 Å². The quantitative estimate of drug-likeness (QED) is 0.766. The summed E-state index contributed by atoms with van der Waals surface area (Å²) >= 11 is 0. The fourth-order valence-electron chi connectivity index (χ4n) is 2.55. The molecule has 94 valence electrons. The summed E-state index contributed by atoms with van der Waals surface area (Å²) in [5.74, 6) is 2.87. The van der Waals surface area contributed by atoms with Gasteiger partial charge in [-0.3, -0.25) is 9.78 Å². The number of hydrogen-bond acceptors (Lipinski definition) is 2. The van der Waals surface area contributed by atoms with Gasteiger partial charge in [-0.1, -0.05) is 18.2 Å². The predicted octanol–water partition coefficient (Wildman–Crippen LogP) is 2.22. The Balaban J connectivity index is 1.90. The molecule has 0 bridgehead atoms. The van der Waals surface area contributed by atoms with Crippen molar-refractivity contribution in [1.82, 2.24) is 9.88 Å².